The molecule has 1 saturated heterocycles. The van der Waals surface area contributed by atoms with Crippen molar-refractivity contribution in [2.45, 2.75) is 53.0 Å². The zero-order chi connectivity index (χ0) is 21.3. The smallest absolute Gasteiger partial charge is 0.259 e. The molecule has 0 spiro atoms. The van der Waals surface area contributed by atoms with Crippen LogP contribution in [0.25, 0.3) is 11.0 Å². The molecule has 4 rings (SSSR count). The average molecular weight is 407 g/mol. The minimum absolute atomic E-state index is 0.185. The van der Waals surface area contributed by atoms with E-state index in [0.29, 0.717) is 23.5 Å². The summed E-state index contributed by atoms with van der Waals surface area (Å²) < 4.78 is 5.94. The Hall–Kier alpha value is -2.79. The number of hydrogen-bond donors (Lipinski definition) is 2. The zero-order valence-electron chi connectivity index (χ0n) is 18.0. The molecule has 2 heterocycles. The number of benzene rings is 2. The third-order valence-corrected chi connectivity index (χ3v) is 6.16. The number of phenols is 1. The zero-order valence-corrected chi connectivity index (χ0v) is 18.0. The van der Waals surface area contributed by atoms with Gasteiger partial charge in [-0.1, -0.05) is 32.0 Å². The summed E-state index contributed by atoms with van der Waals surface area (Å²) in [5, 5.41) is 14.5. The van der Waals surface area contributed by atoms with Crippen LogP contribution in [-0.2, 0) is 19.4 Å². The van der Waals surface area contributed by atoms with Crippen LogP contribution < -0.4 is 5.32 Å². The highest BCUT2D eigenvalue weighted by Crippen LogP contribution is 2.36. The van der Waals surface area contributed by atoms with Gasteiger partial charge in [0.25, 0.3) is 5.91 Å². The molecule has 5 heteroatoms. The summed E-state index contributed by atoms with van der Waals surface area (Å²) in [5.74, 6) is 0.602. The van der Waals surface area contributed by atoms with Crippen molar-refractivity contribution in [3.63, 3.8) is 0 Å². The molecule has 0 aliphatic carbocycles. The minimum atomic E-state index is -0.185. The van der Waals surface area contributed by atoms with Crippen molar-refractivity contribution in [1.82, 2.24) is 4.90 Å². The van der Waals surface area contributed by atoms with E-state index in [-0.39, 0.29) is 11.7 Å². The molecule has 0 unspecified atom stereocenters. The Morgan fingerprint density at radius 1 is 1.10 bits per heavy atom. The minimum Gasteiger partial charge on any atom is -0.508 e. The Balaban J connectivity index is 1.78. The number of amides is 1. The number of carbonyl (C=O) groups excluding carboxylic acids is 1. The lowest BCUT2D eigenvalue weighted by Crippen LogP contribution is -2.20. The second-order valence-corrected chi connectivity index (χ2v) is 8.07. The fourth-order valence-corrected chi connectivity index (χ4v) is 4.54. The molecule has 30 heavy (non-hydrogen) atoms. The van der Waals surface area contributed by atoms with Crippen LogP contribution in [-0.4, -0.2) is 29.0 Å². The summed E-state index contributed by atoms with van der Waals surface area (Å²) in [4.78, 5) is 15.8. The monoisotopic (exact) mass is 406 g/mol. The highest BCUT2D eigenvalue weighted by Gasteiger charge is 2.25. The number of likely N-dealkylation sites (tertiary alicyclic amines) is 1. The van der Waals surface area contributed by atoms with Gasteiger partial charge in [0.2, 0.25) is 0 Å². The maximum Gasteiger partial charge on any atom is 0.259 e. The number of para-hydroxylation sites is 1. The molecule has 1 aromatic heterocycles. The molecule has 0 atom stereocenters. The van der Waals surface area contributed by atoms with Gasteiger partial charge in [-0.2, -0.15) is 0 Å². The van der Waals surface area contributed by atoms with Crippen molar-refractivity contribution >= 4 is 22.6 Å². The van der Waals surface area contributed by atoms with Gasteiger partial charge in [-0.15, -0.1) is 0 Å². The van der Waals surface area contributed by atoms with E-state index in [9.17, 15) is 9.90 Å². The van der Waals surface area contributed by atoms with Crippen LogP contribution in [0.2, 0.25) is 0 Å². The van der Waals surface area contributed by atoms with E-state index in [2.05, 4.69) is 36.2 Å². The molecule has 0 saturated carbocycles. The van der Waals surface area contributed by atoms with Gasteiger partial charge in [0.05, 0.1) is 5.56 Å². The maximum absolute atomic E-state index is 13.5. The number of phenolic OH excluding ortho intramolecular Hbond substituents is 1. The second-order valence-electron chi connectivity index (χ2n) is 8.07. The molecule has 158 valence electrons. The lowest BCUT2D eigenvalue weighted by atomic mass is 10.0. The predicted molar refractivity (Wildman–Crippen MR) is 120 cm³/mol. The van der Waals surface area contributed by atoms with Crippen molar-refractivity contribution in [3.8, 4) is 5.75 Å². The average Bonchev–Trinajstić information content (AvgIpc) is 3.37. The summed E-state index contributed by atoms with van der Waals surface area (Å²) in [6.07, 6.45) is 4.02. The summed E-state index contributed by atoms with van der Waals surface area (Å²) in [5.41, 5.74) is 5.06. The van der Waals surface area contributed by atoms with Gasteiger partial charge in [0.15, 0.2) is 0 Å². The Labute approximate surface area is 177 Å². The van der Waals surface area contributed by atoms with Gasteiger partial charge in [0, 0.05) is 23.2 Å². The fourth-order valence-electron chi connectivity index (χ4n) is 4.54. The molecule has 5 nitrogen and oxygen atoms in total. The number of nitrogens with one attached hydrogen (secondary N) is 1. The number of nitrogens with zero attached hydrogens (tertiary/aromatic N) is 1. The van der Waals surface area contributed by atoms with Gasteiger partial charge >= 0.3 is 0 Å². The Morgan fingerprint density at radius 3 is 2.40 bits per heavy atom. The number of fused-ring (bicyclic) bond motifs is 1. The van der Waals surface area contributed by atoms with Crippen LogP contribution in [0, 0.1) is 6.92 Å². The van der Waals surface area contributed by atoms with Crippen LogP contribution in [0.15, 0.2) is 34.7 Å². The number of carbonyl (C=O) groups is 1. The van der Waals surface area contributed by atoms with E-state index in [1.54, 1.807) is 12.1 Å². The first-order valence-corrected chi connectivity index (χ1v) is 10.9. The van der Waals surface area contributed by atoms with E-state index in [1.807, 2.05) is 13.0 Å². The van der Waals surface area contributed by atoms with Crippen LogP contribution in [0.5, 0.6) is 5.75 Å². The fraction of sp³-hybridized carbons (Fsp3) is 0.400. The molecule has 2 N–H and O–H groups in total. The summed E-state index contributed by atoms with van der Waals surface area (Å²) >= 11 is 0. The third kappa shape index (κ3) is 3.70. The molecule has 1 fully saturated rings. The predicted octanol–water partition coefficient (Wildman–Crippen LogP) is 5.42. The van der Waals surface area contributed by atoms with Crippen LogP contribution >= 0.6 is 0 Å². The summed E-state index contributed by atoms with van der Waals surface area (Å²) in [6, 6.07) is 9.57. The van der Waals surface area contributed by atoms with E-state index in [4.69, 9.17) is 4.42 Å². The molecule has 1 aliphatic rings. The summed E-state index contributed by atoms with van der Waals surface area (Å²) in [7, 11) is 0. The first kappa shape index (κ1) is 20.5. The molecule has 0 radical (unpaired) electrons. The second kappa shape index (κ2) is 8.52. The molecular formula is C25H30N2O3. The van der Waals surface area contributed by atoms with Gasteiger partial charge < -0.3 is 14.8 Å². The molecule has 2 aromatic carbocycles. The highest BCUT2D eigenvalue weighted by molar-refractivity contribution is 6.14. The number of rotatable bonds is 6. The quantitative estimate of drug-likeness (QED) is 0.574. The van der Waals surface area contributed by atoms with Crippen molar-refractivity contribution < 1.29 is 14.3 Å². The van der Waals surface area contributed by atoms with Gasteiger partial charge in [-0.05, 0) is 69.0 Å². The molecule has 3 aromatic rings. The Bertz CT molecular complexity index is 1060. The summed E-state index contributed by atoms with van der Waals surface area (Å²) in [6.45, 7) is 8.65. The molecule has 1 amide bonds. The lowest BCUT2D eigenvalue weighted by Gasteiger charge is -2.17. The van der Waals surface area contributed by atoms with Crippen LogP contribution in [0.1, 0.15) is 59.5 Å². The van der Waals surface area contributed by atoms with Crippen LogP contribution in [0.3, 0.4) is 0 Å². The topological polar surface area (TPSA) is 65.7 Å². The molecule has 1 aliphatic heterocycles. The van der Waals surface area contributed by atoms with Gasteiger partial charge in [-0.25, -0.2) is 0 Å². The first-order valence-electron chi connectivity index (χ1n) is 10.9. The normalized spacial score (nSPS) is 14.5. The van der Waals surface area contributed by atoms with E-state index >= 15 is 0 Å². The van der Waals surface area contributed by atoms with Gasteiger partial charge in [-0.3, -0.25) is 9.69 Å². The lowest BCUT2D eigenvalue weighted by molar-refractivity contribution is 0.102. The van der Waals surface area contributed by atoms with Crippen molar-refractivity contribution in [2.24, 2.45) is 0 Å². The Morgan fingerprint density at radius 2 is 1.77 bits per heavy atom. The van der Waals surface area contributed by atoms with Crippen LogP contribution in [0.4, 0.5) is 5.69 Å². The number of aryl methyl sites for hydroxylation is 3. The van der Waals surface area contributed by atoms with Gasteiger partial charge in [0.1, 0.15) is 17.1 Å². The molecular weight excluding hydrogens is 376 g/mol. The van der Waals surface area contributed by atoms with Crippen molar-refractivity contribution in [3.05, 3.63) is 58.3 Å². The highest BCUT2D eigenvalue weighted by atomic mass is 16.3. The van der Waals surface area contributed by atoms with E-state index in [0.717, 1.165) is 53.7 Å². The first-order chi connectivity index (χ1) is 14.5. The Kier molecular flexibility index (Phi) is 5.82. The number of hydrogen-bond acceptors (Lipinski definition) is 4. The number of anilines is 1. The number of furan rings is 1. The van der Waals surface area contributed by atoms with Crippen molar-refractivity contribution in [2.75, 3.05) is 18.4 Å². The maximum atomic E-state index is 13.5. The van der Waals surface area contributed by atoms with E-state index in [1.165, 1.54) is 12.8 Å². The third-order valence-electron chi connectivity index (χ3n) is 6.16. The largest absolute Gasteiger partial charge is 0.508 e. The molecule has 0 bridgehead atoms. The number of aromatic hydroxyl groups is 1. The van der Waals surface area contributed by atoms with E-state index < -0.39 is 0 Å². The SMILES string of the molecule is CCc1cccc(CC)c1NC(=O)c1c(C)oc2ccc(O)c(CN3CCCC3)c12. The standard InChI is InChI=1S/C25H30N2O3/c1-4-17-9-8-10-18(5-2)24(17)26-25(29)22-16(3)30-21-12-11-20(28)19(23(21)22)15-27-13-6-7-14-27/h8-12,28H,4-7,13-15H2,1-3H3,(H,26,29). The van der Waals surface area contributed by atoms with Crippen molar-refractivity contribution in [1.29, 1.82) is 0 Å².